The van der Waals surface area contributed by atoms with Crippen LogP contribution in [0.2, 0.25) is 0 Å². The largest absolute Gasteiger partial charge is 0.312 e. The molecule has 0 aromatic heterocycles. The second-order valence-electron chi connectivity index (χ2n) is 5.68. The van der Waals surface area contributed by atoms with E-state index in [0.29, 0.717) is 17.5 Å². The third-order valence-corrected chi connectivity index (χ3v) is 2.18. The highest BCUT2D eigenvalue weighted by Crippen LogP contribution is 2.21. The fraction of sp³-hybridized carbons (Fsp3) is 1.00. The van der Waals surface area contributed by atoms with Crippen LogP contribution in [-0.4, -0.2) is 12.1 Å². The van der Waals surface area contributed by atoms with Gasteiger partial charge in [0.15, 0.2) is 0 Å². The Morgan fingerprint density at radius 2 is 1.62 bits per heavy atom. The highest BCUT2D eigenvalue weighted by atomic mass is 14.9. The van der Waals surface area contributed by atoms with Crippen molar-refractivity contribution in [2.24, 2.45) is 5.41 Å². The molecule has 0 fully saturated rings. The van der Waals surface area contributed by atoms with E-state index in [4.69, 9.17) is 0 Å². The van der Waals surface area contributed by atoms with Crippen LogP contribution in [0.4, 0.5) is 0 Å². The third kappa shape index (κ3) is 9.88. The van der Waals surface area contributed by atoms with E-state index in [-0.39, 0.29) is 0 Å². The molecule has 0 radical (unpaired) electrons. The Morgan fingerprint density at radius 3 is 2.00 bits per heavy atom. The minimum Gasteiger partial charge on any atom is -0.312 e. The van der Waals surface area contributed by atoms with Gasteiger partial charge in [0.25, 0.3) is 0 Å². The summed E-state index contributed by atoms with van der Waals surface area (Å²) >= 11 is 0. The second-order valence-corrected chi connectivity index (χ2v) is 5.68. The third-order valence-electron chi connectivity index (χ3n) is 2.18. The minimum atomic E-state index is 0.498. The van der Waals surface area contributed by atoms with Gasteiger partial charge in [-0.05, 0) is 25.2 Å². The molecule has 0 saturated heterocycles. The van der Waals surface area contributed by atoms with Crippen LogP contribution in [0.3, 0.4) is 0 Å². The first-order valence-corrected chi connectivity index (χ1v) is 5.57. The Hall–Kier alpha value is -0.0400. The number of hydrogen-bond acceptors (Lipinski definition) is 1. The van der Waals surface area contributed by atoms with E-state index in [1.165, 1.54) is 19.3 Å². The second kappa shape index (κ2) is 5.64. The van der Waals surface area contributed by atoms with Gasteiger partial charge < -0.3 is 5.32 Å². The van der Waals surface area contributed by atoms with E-state index in [1.54, 1.807) is 0 Å². The minimum absolute atomic E-state index is 0.498. The zero-order valence-electron chi connectivity index (χ0n) is 10.3. The highest BCUT2D eigenvalue weighted by molar-refractivity contribution is 4.67. The average molecular weight is 185 g/mol. The lowest BCUT2D eigenvalue weighted by molar-refractivity contribution is 0.342. The van der Waals surface area contributed by atoms with Crippen molar-refractivity contribution in [1.82, 2.24) is 5.32 Å². The van der Waals surface area contributed by atoms with Crippen LogP contribution in [0.5, 0.6) is 0 Å². The number of rotatable bonds is 5. The fourth-order valence-corrected chi connectivity index (χ4v) is 1.59. The highest BCUT2D eigenvalue weighted by Gasteiger charge is 2.10. The van der Waals surface area contributed by atoms with Crippen LogP contribution in [0.25, 0.3) is 0 Å². The van der Waals surface area contributed by atoms with Gasteiger partial charge in [0, 0.05) is 12.1 Å². The van der Waals surface area contributed by atoms with Crippen LogP contribution in [0.15, 0.2) is 0 Å². The van der Waals surface area contributed by atoms with E-state index < -0.39 is 0 Å². The molecule has 0 heterocycles. The van der Waals surface area contributed by atoms with Crippen LogP contribution >= 0.6 is 0 Å². The maximum atomic E-state index is 3.53. The predicted octanol–water partition coefficient (Wildman–Crippen LogP) is 3.59. The van der Waals surface area contributed by atoms with Gasteiger partial charge in [-0.25, -0.2) is 0 Å². The Labute approximate surface area is 84.3 Å². The summed E-state index contributed by atoms with van der Waals surface area (Å²) in [4.78, 5) is 0. The lowest BCUT2D eigenvalue weighted by Gasteiger charge is -2.21. The van der Waals surface area contributed by atoms with Gasteiger partial charge in [0.05, 0.1) is 0 Å². The van der Waals surface area contributed by atoms with Gasteiger partial charge in [-0.3, -0.25) is 0 Å². The average Bonchev–Trinajstić information content (AvgIpc) is 1.81. The summed E-state index contributed by atoms with van der Waals surface area (Å²) in [5, 5.41) is 3.53. The van der Waals surface area contributed by atoms with Gasteiger partial charge in [-0.2, -0.15) is 0 Å². The molecule has 0 unspecified atom stereocenters. The number of nitrogens with one attached hydrogen (secondary N) is 1. The molecule has 0 rings (SSSR count). The Morgan fingerprint density at radius 1 is 1.08 bits per heavy atom. The molecule has 1 nitrogen and oxygen atoms in total. The van der Waals surface area contributed by atoms with Crippen molar-refractivity contribution in [3.63, 3.8) is 0 Å². The number of hydrogen-bond donors (Lipinski definition) is 1. The molecule has 0 aromatic carbocycles. The molecule has 0 aliphatic rings. The summed E-state index contributed by atoms with van der Waals surface area (Å²) in [6.07, 6.45) is 3.97. The summed E-state index contributed by atoms with van der Waals surface area (Å²) in [5.41, 5.74) is 0.498. The first-order chi connectivity index (χ1) is 5.81. The molecular formula is C12H27N. The standard InChI is InChI=1S/C12H27N/c1-10(2)13-11(3)8-7-9-12(4,5)6/h10-11,13H,7-9H2,1-6H3/t11-/m0/s1. The molecule has 13 heavy (non-hydrogen) atoms. The predicted molar refractivity (Wildman–Crippen MR) is 61.0 cm³/mol. The van der Waals surface area contributed by atoms with E-state index in [2.05, 4.69) is 46.9 Å². The first-order valence-electron chi connectivity index (χ1n) is 5.57. The van der Waals surface area contributed by atoms with E-state index in [1.807, 2.05) is 0 Å². The lowest BCUT2D eigenvalue weighted by Crippen LogP contribution is -2.32. The Bertz CT molecular complexity index is 122. The van der Waals surface area contributed by atoms with Crippen LogP contribution in [0, 0.1) is 5.41 Å². The monoisotopic (exact) mass is 185 g/mol. The summed E-state index contributed by atoms with van der Waals surface area (Å²) < 4.78 is 0. The summed E-state index contributed by atoms with van der Waals surface area (Å²) in [6, 6.07) is 1.28. The van der Waals surface area contributed by atoms with Gasteiger partial charge in [0.2, 0.25) is 0 Å². The molecule has 0 aromatic rings. The molecule has 0 spiro atoms. The summed E-state index contributed by atoms with van der Waals surface area (Å²) in [7, 11) is 0. The zero-order valence-corrected chi connectivity index (χ0v) is 10.3. The normalized spacial score (nSPS) is 15.0. The molecule has 0 amide bonds. The van der Waals surface area contributed by atoms with Gasteiger partial charge in [0.1, 0.15) is 0 Å². The van der Waals surface area contributed by atoms with Crippen molar-refractivity contribution in [1.29, 1.82) is 0 Å². The molecule has 0 saturated carbocycles. The fourth-order valence-electron chi connectivity index (χ4n) is 1.59. The maximum Gasteiger partial charge on any atom is 0.00410 e. The lowest BCUT2D eigenvalue weighted by atomic mass is 9.89. The van der Waals surface area contributed by atoms with E-state index >= 15 is 0 Å². The molecule has 0 aliphatic carbocycles. The summed E-state index contributed by atoms with van der Waals surface area (Å²) in [6.45, 7) is 13.6. The van der Waals surface area contributed by atoms with E-state index in [9.17, 15) is 0 Å². The quantitative estimate of drug-likeness (QED) is 0.690. The molecule has 0 aliphatic heterocycles. The van der Waals surface area contributed by atoms with Crippen molar-refractivity contribution in [2.45, 2.75) is 72.9 Å². The molecule has 0 bridgehead atoms. The summed E-state index contributed by atoms with van der Waals surface area (Å²) in [5.74, 6) is 0. The van der Waals surface area contributed by atoms with Gasteiger partial charge in [-0.15, -0.1) is 0 Å². The van der Waals surface area contributed by atoms with Crippen molar-refractivity contribution >= 4 is 0 Å². The van der Waals surface area contributed by atoms with Crippen LogP contribution < -0.4 is 5.32 Å². The smallest absolute Gasteiger partial charge is 0.00410 e. The van der Waals surface area contributed by atoms with Crippen molar-refractivity contribution in [2.75, 3.05) is 0 Å². The zero-order chi connectivity index (χ0) is 10.5. The Kier molecular flexibility index (Phi) is 5.62. The molecule has 1 N–H and O–H groups in total. The van der Waals surface area contributed by atoms with Crippen LogP contribution in [-0.2, 0) is 0 Å². The maximum absolute atomic E-state index is 3.53. The van der Waals surface area contributed by atoms with Crippen LogP contribution in [0.1, 0.15) is 60.8 Å². The Balaban J connectivity index is 3.42. The molecule has 80 valence electrons. The SMILES string of the molecule is CC(C)N[C@@H](C)CCCC(C)(C)C. The molecule has 1 heteroatoms. The molecule has 1 atom stereocenters. The van der Waals surface area contributed by atoms with Crippen molar-refractivity contribution in [3.8, 4) is 0 Å². The topological polar surface area (TPSA) is 12.0 Å². The van der Waals surface area contributed by atoms with E-state index in [0.717, 1.165) is 0 Å². The van der Waals surface area contributed by atoms with Gasteiger partial charge in [-0.1, -0.05) is 41.0 Å². The van der Waals surface area contributed by atoms with Crippen molar-refractivity contribution in [3.05, 3.63) is 0 Å². The van der Waals surface area contributed by atoms with Gasteiger partial charge >= 0.3 is 0 Å². The first kappa shape index (κ1) is 13.0. The molecular weight excluding hydrogens is 158 g/mol. The van der Waals surface area contributed by atoms with Crippen molar-refractivity contribution < 1.29 is 0 Å².